The molecule has 1 rings (SSSR count). The molecule has 0 unspecified atom stereocenters. The molecule has 0 atom stereocenters. The van der Waals surface area contributed by atoms with E-state index in [2.05, 4.69) is 26.7 Å². The van der Waals surface area contributed by atoms with Gasteiger partial charge >= 0.3 is 11.9 Å². The second-order valence-corrected chi connectivity index (χ2v) is 6.55. The summed E-state index contributed by atoms with van der Waals surface area (Å²) >= 11 is 0. The van der Waals surface area contributed by atoms with Crippen molar-refractivity contribution in [1.82, 2.24) is 0 Å². The monoisotopic (exact) mass is 418 g/mol. The molecule has 0 aliphatic heterocycles. The van der Waals surface area contributed by atoms with Gasteiger partial charge in [0.25, 0.3) is 0 Å². The fourth-order valence-electron chi connectivity index (χ4n) is 2.03. The first kappa shape index (κ1) is 29.5. The minimum absolute atomic E-state index is 0.0486. The Labute approximate surface area is 181 Å². The van der Waals surface area contributed by atoms with Crippen molar-refractivity contribution in [2.75, 3.05) is 13.2 Å². The lowest BCUT2D eigenvalue weighted by Gasteiger charge is -2.05. The molecule has 0 heterocycles. The molecule has 0 aromatic heterocycles. The Bertz CT molecular complexity index is 620. The van der Waals surface area contributed by atoms with Crippen LogP contribution >= 0.6 is 0 Å². The average molecular weight is 419 g/mol. The predicted molar refractivity (Wildman–Crippen MR) is 124 cm³/mol. The zero-order valence-electron chi connectivity index (χ0n) is 18.6. The third-order valence-corrected chi connectivity index (χ3v) is 3.82. The predicted octanol–water partition coefficient (Wildman–Crippen LogP) is 5.81. The summed E-state index contributed by atoms with van der Waals surface area (Å²) in [5.74, 6) is -1.26. The fraction of sp³-hybridized carbons (Fsp3) is 0.440. The number of aliphatic hydroxyl groups excluding tert-OH is 1. The van der Waals surface area contributed by atoms with E-state index < -0.39 is 5.97 Å². The molecule has 2 N–H and O–H groups in total. The summed E-state index contributed by atoms with van der Waals surface area (Å²) in [6, 6.07) is 10.0. The van der Waals surface area contributed by atoms with Crippen molar-refractivity contribution in [2.45, 2.75) is 58.8 Å². The first-order chi connectivity index (χ1) is 14.3. The maximum atomic E-state index is 11.2. The highest BCUT2D eigenvalue weighted by Gasteiger charge is 2.06. The molecule has 0 saturated heterocycles. The summed E-state index contributed by atoms with van der Waals surface area (Å²) in [6.45, 7) is 15.1. The molecular weight excluding hydrogens is 380 g/mol. The fourth-order valence-corrected chi connectivity index (χ4v) is 2.03. The van der Waals surface area contributed by atoms with E-state index in [9.17, 15) is 9.59 Å². The van der Waals surface area contributed by atoms with Crippen molar-refractivity contribution < 1.29 is 24.5 Å². The quantitative estimate of drug-likeness (QED) is 0.254. The molecule has 0 aliphatic rings. The van der Waals surface area contributed by atoms with Crippen molar-refractivity contribution >= 4 is 18.0 Å². The van der Waals surface area contributed by atoms with Gasteiger partial charge in [0.1, 0.15) is 0 Å². The Morgan fingerprint density at radius 1 is 0.967 bits per heavy atom. The van der Waals surface area contributed by atoms with E-state index in [1.807, 2.05) is 43.3 Å². The van der Waals surface area contributed by atoms with Gasteiger partial charge in [0.05, 0.1) is 6.61 Å². The lowest BCUT2D eigenvalue weighted by Crippen LogP contribution is -2.08. The lowest BCUT2D eigenvalue weighted by atomic mass is 10.2. The number of carboxylic acid groups (broad SMARTS) is 1. The Hall–Kier alpha value is -2.66. The zero-order chi connectivity index (χ0) is 23.2. The smallest absolute Gasteiger partial charge is 0.333 e. The van der Waals surface area contributed by atoms with Gasteiger partial charge in [-0.3, -0.25) is 0 Å². The van der Waals surface area contributed by atoms with Gasteiger partial charge < -0.3 is 14.9 Å². The number of carboxylic acids is 1. The van der Waals surface area contributed by atoms with Crippen LogP contribution in [0.3, 0.4) is 0 Å². The van der Waals surface area contributed by atoms with E-state index in [4.69, 9.17) is 14.9 Å². The molecule has 0 fully saturated rings. The minimum atomic E-state index is -1.04. The van der Waals surface area contributed by atoms with Crippen molar-refractivity contribution in [3.05, 3.63) is 66.8 Å². The van der Waals surface area contributed by atoms with Crippen LogP contribution in [0.25, 0.3) is 6.08 Å². The second kappa shape index (κ2) is 21.1. The van der Waals surface area contributed by atoms with Gasteiger partial charge in [-0.2, -0.15) is 0 Å². The third-order valence-electron chi connectivity index (χ3n) is 3.82. The largest absolute Gasteiger partial charge is 0.478 e. The van der Waals surface area contributed by atoms with Gasteiger partial charge in [0.2, 0.25) is 0 Å². The first-order valence-electron chi connectivity index (χ1n) is 10.4. The summed E-state index contributed by atoms with van der Waals surface area (Å²) in [6.07, 6.45) is 8.21. The van der Waals surface area contributed by atoms with E-state index in [0.29, 0.717) is 12.2 Å². The number of aliphatic carboxylic acids is 1. The number of ether oxygens (including phenoxy) is 1. The highest BCUT2D eigenvalue weighted by atomic mass is 16.5. The zero-order valence-corrected chi connectivity index (χ0v) is 18.6. The molecule has 0 spiro atoms. The van der Waals surface area contributed by atoms with Gasteiger partial charge in [-0.05, 0) is 18.4 Å². The Kier molecular flexibility index (Phi) is 20.7. The maximum Gasteiger partial charge on any atom is 0.333 e. The third kappa shape index (κ3) is 18.7. The van der Waals surface area contributed by atoms with E-state index in [1.54, 1.807) is 0 Å². The highest BCUT2D eigenvalue weighted by molar-refractivity contribution is 5.87. The minimum Gasteiger partial charge on any atom is -0.478 e. The normalized spacial score (nSPS) is 9.17. The van der Waals surface area contributed by atoms with Gasteiger partial charge in [0.15, 0.2) is 0 Å². The van der Waals surface area contributed by atoms with Crippen LogP contribution in [0.5, 0.6) is 0 Å². The van der Waals surface area contributed by atoms with Crippen LogP contribution in [0, 0.1) is 0 Å². The van der Waals surface area contributed by atoms with Crippen molar-refractivity contribution in [3.8, 4) is 0 Å². The number of benzene rings is 1. The number of carbonyl (C=O) groups excluding carboxylic acids is 1. The molecule has 5 nitrogen and oxygen atoms in total. The first-order valence-corrected chi connectivity index (χ1v) is 10.4. The highest BCUT2D eigenvalue weighted by Crippen LogP contribution is 2.05. The van der Waals surface area contributed by atoms with E-state index in [-0.39, 0.29) is 24.6 Å². The van der Waals surface area contributed by atoms with Crippen LogP contribution in [0.4, 0.5) is 0 Å². The molecule has 30 heavy (non-hydrogen) atoms. The van der Waals surface area contributed by atoms with Crippen molar-refractivity contribution in [3.63, 3.8) is 0 Å². The Morgan fingerprint density at radius 3 is 2.00 bits per heavy atom. The average Bonchev–Trinajstić information content (AvgIpc) is 2.75. The summed E-state index contributed by atoms with van der Waals surface area (Å²) in [7, 11) is 0. The van der Waals surface area contributed by atoms with Crippen LogP contribution < -0.4 is 0 Å². The summed E-state index contributed by atoms with van der Waals surface area (Å²) < 4.78 is 5.06. The molecule has 168 valence electrons. The number of rotatable bonds is 12. The van der Waals surface area contributed by atoms with Gasteiger partial charge in [-0.1, -0.05) is 95.7 Å². The Balaban J connectivity index is 0. The summed E-state index contributed by atoms with van der Waals surface area (Å²) in [5.41, 5.74) is 1.82. The standard InChI is InChI=1S/C12H22O2.C8H8.C5H8O3/c1-4-6-7-8-10-14-12(13)11(3)9-5-2;1-2-8-6-4-3-5-7-8;1-4(2-3-6)5(7)8/h3-10H2,1-2H3;2-7H,1H2;6H,1-3H2,(H,7,8). The molecular formula is C25H38O5. The molecule has 0 amide bonds. The number of carbonyl (C=O) groups is 2. The van der Waals surface area contributed by atoms with Gasteiger partial charge in [0, 0.05) is 24.2 Å². The van der Waals surface area contributed by atoms with Crippen molar-refractivity contribution in [2.24, 2.45) is 0 Å². The number of esters is 1. The number of aliphatic hydroxyl groups is 1. The van der Waals surface area contributed by atoms with Crippen LogP contribution in [-0.4, -0.2) is 35.4 Å². The van der Waals surface area contributed by atoms with Gasteiger partial charge in [-0.15, -0.1) is 0 Å². The van der Waals surface area contributed by atoms with Crippen LogP contribution in [0.15, 0.2) is 61.2 Å². The van der Waals surface area contributed by atoms with Crippen LogP contribution in [0.1, 0.15) is 64.4 Å². The molecule has 1 aromatic carbocycles. The van der Waals surface area contributed by atoms with Gasteiger partial charge in [-0.25, -0.2) is 9.59 Å². The number of hydrogen-bond donors (Lipinski definition) is 2. The second-order valence-electron chi connectivity index (χ2n) is 6.55. The number of hydrogen-bond acceptors (Lipinski definition) is 4. The molecule has 0 radical (unpaired) electrons. The maximum absolute atomic E-state index is 11.2. The Morgan fingerprint density at radius 2 is 1.60 bits per heavy atom. The van der Waals surface area contributed by atoms with E-state index in [1.165, 1.54) is 18.4 Å². The lowest BCUT2D eigenvalue weighted by molar-refractivity contribution is -0.139. The number of unbranched alkanes of at least 4 members (excludes halogenated alkanes) is 3. The van der Waals surface area contributed by atoms with Crippen molar-refractivity contribution in [1.29, 1.82) is 0 Å². The molecule has 0 saturated carbocycles. The SMILES string of the molecule is C=C(CCC)C(=O)OCCCCCC.C=C(CCO)C(=O)O.C=Cc1ccccc1. The van der Waals surface area contributed by atoms with Crippen LogP contribution in [-0.2, 0) is 14.3 Å². The molecule has 0 aliphatic carbocycles. The summed E-state index contributed by atoms with van der Waals surface area (Å²) in [4.78, 5) is 21.1. The van der Waals surface area contributed by atoms with Crippen LogP contribution in [0.2, 0.25) is 0 Å². The topological polar surface area (TPSA) is 83.8 Å². The molecule has 0 bridgehead atoms. The van der Waals surface area contributed by atoms with E-state index >= 15 is 0 Å². The van der Waals surface area contributed by atoms with E-state index in [0.717, 1.165) is 25.7 Å². The summed E-state index contributed by atoms with van der Waals surface area (Å²) in [5, 5.41) is 16.3. The molecule has 5 heteroatoms. The molecule has 1 aromatic rings.